The van der Waals surface area contributed by atoms with Crippen molar-refractivity contribution in [3.8, 4) is 5.69 Å². The maximum atomic E-state index is 12.6. The number of carbonyl (C=O) groups is 1. The molecule has 0 aliphatic heterocycles. The molecule has 0 N–H and O–H groups in total. The van der Waals surface area contributed by atoms with Gasteiger partial charge in [-0.2, -0.15) is 5.10 Å². The maximum Gasteiger partial charge on any atom is 0.246 e. The smallest absolute Gasteiger partial charge is 0.246 e. The number of hydrogen-bond donors (Lipinski definition) is 0. The van der Waals surface area contributed by atoms with Crippen LogP contribution in [0.25, 0.3) is 11.8 Å². The molecule has 0 saturated carbocycles. The van der Waals surface area contributed by atoms with E-state index in [0.29, 0.717) is 0 Å². The number of rotatable bonds is 4. The van der Waals surface area contributed by atoms with E-state index in [1.54, 1.807) is 17.0 Å². The summed E-state index contributed by atoms with van der Waals surface area (Å²) in [6.07, 6.45) is 9.17. The van der Waals surface area contributed by atoms with Crippen LogP contribution in [0.4, 0.5) is 0 Å². The molecular weight excluding hydrogens is 322 g/mol. The van der Waals surface area contributed by atoms with Gasteiger partial charge in [-0.1, -0.05) is 42.5 Å². The average Bonchev–Trinajstić information content (AvgIpc) is 3.33. The zero-order valence-corrected chi connectivity index (χ0v) is 14.7. The molecule has 1 amide bonds. The Morgan fingerprint density at radius 2 is 1.92 bits per heavy atom. The third kappa shape index (κ3) is 3.18. The average molecular weight is 343 g/mol. The second kappa shape index (κ2) is 7.00. The molecule has 0 fully saturated rings. The molecule has 1 aliphatic rings. The van der Waals surface area contributed by atoms with Gasteiger partial charge in [0.1, 0.15) is 0 Å². The third-order valence-corrected chi connectivity index (χ3v) is 4.96. The number of amides is 1. The molecule has 0 unspecified atom stereocenters. The Morgan fingerprint density at radius 3 is 2.77 bits per heavy atom. The van der Waals surface area contributed by atoms with Crippen LogP contribution in [0.5, 0.6) is 0 Å². The summed E-state index contributed by atoms with van der Waals surface area (Å²) in [5.74, 6) is 0.0131. The van der Waals surface area contributed by atoms with Gasteiger partial charge >= 0.3 is 0 Å². The molecule has 0 saturated heterocycles. The molecule has 4 rings (SSSR count). The van der Waals surface area contributed by atoms with E-state index < -0.39 is 0 Å². The molecule has 130 valence electrons. The molecule has 2 aromatic carbocycles. The van der Waals surface area contributed by atoms with Crippen LogP contribution >= 0.6 is 0 Å². The Hall–Kier alpha value is -3.14. The minimum atomic E-state index is 0.0131. The molecular formula is C22H21N3O. The maximum absolute atomic E-state index is 12.6. The number of carbonyl (C=O) groups excluding carboxylic acids is 1. The van der Waals surface area contributed by atoms with Crippen molar-refractivity contribution in [3.63, 3.8) is 0 Å². The standard InChI is InChI=1S/C22H21N3O/c1-24(21-13-12-18-7-5-6-10-20(18)21)22(26)14-11-17-15-23-25(16-17)19-8-3-2-4-9-19/h2-11,14-16,21H,12-13H2,1H3/b14-11+/t21-/m1/s1. The van der Waals surface area contributed by atoms with E-state index in [4.69, 9.17) is 0 Å². The Bertz CT molecular complexity index is 943. The van der Waals surface area contributed by atoms with Crippen LogP contribution in [0.2, 0.25) is 0 Å². The predicted molar refractivity (Wildman–Crippen MR) is 103 cm³/mol. The highest BCUT2D eigenvalue weighted by molar-refractivity contribution is 5.91. The van der Waals surface area contributed by atoms with Gasteiger partial charge in [0.15, 0.2) is 0 Å². The van der Waals surface area contributed by atoms with Gasteiger partial charge < -0.3 is 4.90 Å². The van der Waals surface area contributed by atoms with E-state index in [9.17, 15) is 4.79 Å². The fourth-order valence-corrected chi connectivity index (χ4v) is 3.52. The summed E-state index contributed by atoms with van der Waals surface area (Å²) in [5.41, 5.74) is 4.53. The van der Waals surface area contributed by atoms with E-state index in [2.05, 4.69) is 23.3 Å². The number of likely N-dealkylation sites (N-methyl/N-ethyl adjacent to an activating group) is 1. The summed E-state index contributed by atoms with van der Waals surface area (Å²) < 4.78 is 1.81. The lowest BCUT2D eigenvalue weighted by atomic mass is 10.1. The van der Waals surface area contributed by atoms with E-state index in [-0.39, 0.29) is 11.9 Å². The van der Waals surface area contributed by atoms with Crippen molar-refractivity contribution >= 4 is 12.0 Å². The first-order valence-corrected chi connectivity index (χ1v) is 8.85. The van der Waals surface area contributed by atoms with E-state index in [0.717, 1.165) is 24.1 Å². The fraction of sp³-hybridized carbons (Fsp3) is 0.182. The van der Waals surface area contributed by atoms with Gasteiger partial charge in [-0.3, -0.25) is 4.79 Å². The van der Waals surface area contributed by atoms with Crippen molar-refractivity contribution in [2.24, 2.45) is 0 Å². The van der Waals surface area contributed by atoms with Crippen molar-refractivity contribution in [3.05, 3.63) is 89.8 Å². The van der Waals surface area contributed by atoms with Gasteiger partial charge in [0.25, 0.3) is 0 Å². The SMILES string of the molecule is CN(C(=O)/C=C/c1cnn(-c2ccccc2)c1)[C@@H]1CCc2ccccc21. The summed E-state index contributed by atoms with van der Waals surface area (Å²) >= 11 is 0. The van der Waals surface area contributed by atoms with Crippen LogP contribution < -0.4 is 0 Å². The van der Waals surface area contributed by atoms with Crippen LogP contribution in [0, 0.1) is 0 Å². The zero-order valence-electron chi connectivity index (χ0n) is 14.7. The molecule has 26 heavy (non-hydrogen) atoms. The zero-order chi connectivity index (χ0) is 17.9. The summed E-state index contributed by atoms with van der Waals surface area (Å²) in [6.45, 7) is 0. The number of aryl methyl sites for hydroxylation is 1. The van der Waals surface area contributed by atoms with E-state index in [1.807, 2.05) is 60.6 Å². The highest BCUT2D eigenvalue weighted by atomic mass is 16.2. The molecule has 3 aromatic rings. The Morgan fingerprint density at radius 1 is 1.15 bits per heavy atom. The van der Waals surface area contributed by atoms with Gasteiger partial charge in [0.2, 0.25) is 5.91 Å². The van der Waals surface area contributed by atoms with Gasteiger partial charge in [0.05, 0.1) is 17.9 Å². The lowest BCUT2D eigenvalue weighted by Gasteiger charge is -2.24. The number of aromatic nitrogens is 2. The van der Waals surface area contributed by atoms with Crippen molar-refractivity contribution in [2.75, 3.05) is 7.05 Å². The van der Waals surface area contributed by atoms with E-state index in [1.165, 1.54) is 11.1 Å². The molecule has 1 heterocycles. The highest BCUT2D eigenvalue weighted by Gasteiger charge is 2.27. The lowest BCUT2D eigenvalue weighted by molar-refractivity contribution is -0.126. The molecule has 0 spiro atoms. The monoisotopic (exact) mass is 343 g/mol. The van der Waals surface area contributed by atoms with Gasteiger partial charge in [-0.05, 0) is 42.2 Å². The third-order valence-electron chi connectivity index (χ3n) is 4.96. The molecule has 0 radical (unpaired) electrons. The van der Waals surface area contributed by atoms with Crippen LogP contribution in [0.15, 0.2) is 73.1 Å². The Balaban J connectivity index is 1.46. The minimum Gasteiger partial charge on any atom is -0.335 e. The fourth-order valence-electron chi connectivity index (χ4n) is 3.52. The van der Waals surface area contributed by atoms with Crippen LogP contribution in [-0.4, -0.2) is 27.6 Å². The van der Waals surface area contributed by atoms with Crippen LogP contribution in [0.3, 0.4) is 0 Å². The highest BCUT2D eigenvalue weighted by Crippen LogP contribution is 2.34. The number of nitrogens with zero attached hydrogens (tertiary/aromatic N) is 3. The molecule has 4 nitrogen and oxygen atoms in total. The Labute approximate surface area is 153 Å². The lowest BCUT2D eigenvalue weighted by Crippen LogP contribution is -2.28. The summed E-state index contributed by atoms with van der Waals surface area (Å²) in [7, 11) is 1.88. The molecule has 1 atom stereocenters. The molecule has 4 heteroatoms. The first kappa shape index (κ1) is 16.3. The van der Waals surface area contributed by atoms with Gasteiger partial charge in [-0.25, -0.2) is 4.68 Å². The minimum absolute atomic E-state index is 0.0131. The summed E-state index contributed by atoms with van der Waals surface area (Å²) in [4.78, 5) is 14.4. The number of para-hydroxylation sites is 1. The van der Waals surface area contributed by atoms with Crippen molar-refractivity contribution in [2.45, 2.75) is 18.9 Å². The normalized spacial score (nSPS) is 16.0. The second-order valence-corrected chi connectivity index (χ2v) is 6.59. The van der Waals surface area contributed by atoms with Crippen LogP contribution in [0.1, 0.15) is 29.2 Å². The van der Waals surface area contributed by atoms with Crippen molar-refractivity contribution in [1.82, 2.24) is 14.7 Å². The van der Waals surface area contributed by atoms with Crippen molar-refractivity contribution in [1.29, 1.82) is 0 Å². The number of hydrogen-bond acceptors (Lipinski definition) is 2. The largest absolute Gasteiger partial charge is 0.335 e. The van der Waals surface area contributed by atoms with Crippen LogP contribution in [-0.2, 0) is 11.2 Å². The topological polar surface area (TPSA) is 38.1 Å². The summed E-state index contributed by atoms with van der Waals surface area (Å²) in [5, 5.41) is 4.36. The Kier molecular flexibility index (Phi) is 4.40. The predicted octanol–water partition coefficient (Wildman–Crippen LogP) is 4.03. The van der Waals surface area contributed by atoms with Gasteiger partial charge in [0, 0.05) is 24.9 Å². The first-order valence-electron chi connectivity index (χ1n) is 8.85. The number of benzene rings is 2. The second-order valence-electron chi connectivity index (χ2n) is 6.59. The van der Waals surface area contributed by atoms with Gasteiger partial charge in [-0.15, -0.1) is 0 Å². The molecule has 0 bridgehead atoms. The molecule has 1 aliphatic carbocycles. The van der Waals surface area contributed by atoms with E-state index >= 15 is 0 Å². The number of fused-ring (bicyclic) bond motifs is 1. The molecule has 1 aromatic heterocycles. The first-order chi connectivity index (χ1) is 12.7. The summed E-state index contributed by atoms with van der Waals surface area (Å²) in [6, 6.07) is 18.5. The van der Waals surface area contributed by atoms with Crippen molar-refractivity contribution < 1.29 is 4.79 Å². The quantitative estimate of drug-likeness (QED) is 0.671.